The van der Waals surface area contributed by atoms with Crippen LogP contribution in [0.3, 0.4) is 0 Å². The zero-order chi connectivity index (χ0) is 14.6. The summed E-state index contributed by atoms with van der Waals surface area (Å²) in [6, 6.07) is 0.951. The lowest BCUT2D eigenvalue weighted by Gasteiger charge is -2.24. The van der Waals surface area contributed by atoms with Crippen molar-refractivity contribution >= 4 is 11.8 Å². The Kier molecular flexibility index (Phi) is 5.93. The molecule has 1 rings (SSSR count). The minimum absolute atomic E-state index is 0.334. The topological polar surface area (TPSA) is 38.1 Å². The Bertz CT molecular complexity index is 376. The molecule has 0 aliphatic rings. The molecule has 3 nitrogen and oxygen atoms in total. The Morgan fingerprint density at radius 3 is 2.32 bits per heavy atom. The fourth-order valence-electron chi connectivity index (χ4n) is 2.07. The Morgan fingerprint density at radius 1 is 1.21 bits per heavy atom. The maximum Gasteiger partial charge on any atom is 0.137 e. The van der Waals surface area contributed by atoms with Crippen LogP contribution in [0.5, 0.6) is 0 Å². The first-order valence-electron chi connectivity index (χ1n) is 7.01. The number of aryl methyl sites for hydroxylation is 2. The highest BCUT2D eigenvalue weighted by atomic mass is 32.2. The SMILES string of the molecule is Cc1noc(C)c1C[C@H](C)N[C@H](C)CSC(C)(C)C. The molecule has 110 valence electrons. The fourth-order valence-corrected chi connectivity index (χ4v) is 2.91. The highest BCUT2D eigenvalue weighted by Gasteiger charge is 2.16. The molecule has 1 heterocycles. The molecule has 2 atom stereocenters. The van der Waals surface area contributed by atoms with Crippen molar-refractivity contribution in [3.63, 3.8) is 0 Å². The average molecular weight is 284 g/mol. The van der Waals surface area contributed by atoms with E-state index in [9.17, 15) is 0 Å². The summed E-state index contributed by atoms with van der Waals surface area (Å²) in [5.41, 5.74) is 2.26. The summed E-state index contributed by atoms with van der Waals surface area (Å²) in [5.74, 6) is 2.08. The summed E-state index contributed by atoms with van der Waals surface area (Å²) in [6.45, 7) is 15.3. The number of aromatic nitrogens is 1. The molecule has 0 aromatic carbocycles. The molecule has 0 spiro atoms. The molecule has 0 fully saturated rings. The van der Waals surface area contributed by atoms with Gasteiger partial charge < -0.3 is 9.84 Å². The molecule has 0 bridgehead atoms. The van der Waals surface area contributed by atoms with E-state index in [4.69, 9.17) is 4.52 Å². The molecule has 19 heavy (non-hydrogen) atoms. The van der Waals surface area contributed by atoms with Gasteiger partial charge in [0.1, 0.15) is 5.76 Å². The zero-order valence-corrected chi connectivity index (χ0v) is 14.1. The van der Waals surface area contributed by atoms with Gasteiger partial charge in [0.25, 0.3) is 0 Å². The van der Waals surface area contributed by atoms with Crippen molar-refractivity contribution in [3.8, 4) is 0 Å². The summed E-state index contributed by atoms with van der Waals surface area (Å²) in [4.78, 5) is 0. The molecular weight excluding hydrogens is 256 g/mol. The molecule has 0 amide bonds. The van der Waals surface area contributed by atoms with E-state index in [2.05, 4.69) is 45.1 Å². The number of hydrogen-bond donors (Lipinski definition) is 1. The molecule has 0 aliphatic heterocycles. The maximum absolute atomic E-state index is 5.21. The largest absolute Gasteiger partial charge is 0.361 e. The summed E-state index contributed by atoms with van der Waals surface area (Å²) < 4.78 is 5.55. The average Bonchev–Trinajstić information content (AvgIpc) is 2.57. The molecular formula is C15H28N2OS. The van der Waals surface area contributed by atoms with E-state index in [-0.39, 0.29) is 0 Å². The first kappa shape index (κ1) is 16.6. The van der Waals surface area contributed by atoms with Crippen LogP contribution in [0.2, 0.25) is 0 Å². The Labute approximate surface area is 121 Å². The first-order chi connectivity index (χ1) is 8.69. The van der Waals surface area contributed by atoms with E-state index in [1.807, 2.05) is 25.6 Å². The van der Waals surface area contributed by atoms with Crippen LogP contribution >= 0.6 is 11.8 Å². The number of rotatable bonds is 6. The fraction of sp³-hybridized carbons (Fsp3) is 0.800. The zero-order valence-electron chi connectivity index (χ0n) is 13.3. The molecule has 1 N–H and O–H groups in total. The van der Waals surface area contributed by atoms with Crippen molar-refractivity contribution in [2.75, 3.05) is 5.75 Å². The van der Waals surface area contributed by atoms with Gasteiger partial charge in [0.2, 0.25) is 0 Å². The molecule has 0 aliphatic carbocycles. The Hall–Kier alpha value is -0.480. The van der Waals surface area contributed by atoms with E-state index in [0.717, 1.165) is 23.6 Å². The third-order valence-electron chi connectivity index (χ3n) is 3.03. The predicted octanol–water partition coefficient (Wildman–Crippen LogP) is 3.73. The maximum atomic E-state index is 5.21. The van der Waals surface area contributed by atoms with Gasteiger partial charge in [-0.25, -0.2) is 0 Å². The standard InChI is InChI=1S/C15H28N2OS/c1-10(8-14-12(3)17-18-13(14)4)16-11(2)9-19-15(5,6)7/h10-11,16H,8-9H2,1-7H3/t10-,11+/m0/s1. The molecule has 4 heteroatoms. The molecule has 0 unspecified atom stereocenters. The van der Waals surface area contributed by atoms with E-state index >= 15 is 0 Å². The summed E-state index contributed by atoms with van der Waals surface area (Å²) in [7, 11) is 0. The van der Waals surface area contributed by atoms with Gasteiger partial charge in [-0.15, -0.1) is 0 Å². The third-order valence-corrected chi connectivity index (χ3v) is 4.56. The second kappa shape index (κ2) is 6.80. The van der Waals surface area contributed by atoms with Crippen molar-refractivity contribution in [3.05, 3.63) is 17.0 Å². The van der Waals surface area contributed by atoms with Crippen LogP contribution in [0.15, 0.2) is 4.52 Å². The Balaban J connectivity index is 2.41. The smallest absolute Gasteiger partial charge is 0.137 e. The highest BCUT2D eigenvalue weighted by Crippen LogP contribution is 2.23. The van der Waals surface area contributed by atoms with Gasteiger partial charge in [-0.2, -0.15) is 11.8 Å². The van der Waals surface area contributed by atoms with E-state index in [0.29, 0.717) is 16.8 Å². The van der Waals surface area contributed by atoms with Crippen molar-refractivity contribution < 1.29 is 4.52 Å². The lowest BCUT2D eigenvalue weighted by Crippen LogP contribution is -2.38. The molecule has 1 aromatic heterocycles. The van der Waals surface area contributed by atoms with Gasteiger partial charge in [-0.3, -0.25) is 0 Å². The van der Waals surface area contributed by atoms with Gasteiger partial charge in [-0.1, -0.05) is 25.9 Å². The van der Waals surface area contributed by atoms with Gasteiger partial charge >= 0.3 is 0 Å². The second-order valence-electron chi connectivity index (χ2n) is 6.40. The van der Waals surface area contributed by atoms with Crippen molar-refractivity contribution in [2.24, 2.45) is 0 Å². The first-order valence-corrected chi connectivity index (χ1v) is 7.99. The van der Waals surface area contributed by atoms with Crippen molar-refractivity contribution in [2.45, 2.75) is 71.7 Å². The molecule has 0 saturated carbocycles. The number of thioether (sulfide) groups is 1. The van der Waals surface area contributed by atoms with Crippen LogP contribution in [-0.2, 0) is 6.42 Å². The van der Waals surface area contributed by atoms with Crippen LogP contribution in [-0.4, -0.2) is 27.7 Å². The highest BCUT2D eigenvalue weighted by molar-refractivity contribution is 8.00. The van der Waals surface area contributed by atoms with Gasteiger partial charge in [0, 0.05) is 28.1 Å². The minimum Gasteiger partial charge on any atom is -0.361 e. The third kappa shape index (κ3) is 6.00. The van der Waals surface area contributed by atoms with Crippen LogP contribution in [0.25, 0.3) is 0 Å². The normalized spacial score (nSPS) is 15.5. The summed E-state index contributed by atoms with van der Waals surface area (Å²) >= 11 is 2.00. The number of nitrogens with one attached hydrogen (secondary N) is 1. The van der Waals surface area contributed by atoms with E-state index < -0.39 is 0 Å². The predicted molar refractivity (Wildman–Crippen MR) is 84.0 cm³/mol. The lowest BCUT2D eigenvalue weighted by atomic mass is 10.1. The monoisotopic (exact) mass is 284 g/mol. The van der Waals surface area contributed by atoms with E-state index in [1.54, 1.807) is 0 Å². The van der Waals surface area contributed by atoms with Crippen molar-refractivity contribution in [1.82, 2.24) is 10.5 Å². The van der Waals surface area contributed by atoms with E-state index in [1.165, 1.54) is 5.56 Å². The van der Waals surface area contributed by atoms with Gasteiger partial charge in [-0.05, 0) is 34.1 Å². The van der Waals surface area contributed by atoms with Gasteiger partial charge in [0.05, 0.1) is 5.69 Å². The Morgan fingerprint density at radius 2 is 1.84 bits per heavy atom. The number of hydrogen-bond acceptors (Lipinski definition) is 4. The van der Waals surface area contributed by atoms with Crippen molar-refractivity contribution in [1.29, 1.82) is 0 Å². The van der Waals surface area contributed by atoms with Crippen LogP contribution in [0.1, 0.15) is 51.6 Å². The lowest BCUT2D eigenvalue weighted by molar-refractivity contribution is 0.391. The molecule has 0 saturated heterocycles. The molecule has 0 radical (unpaired) electrons. The quantitative estimate of drug-likeness (QED) is 0.864. The van der Waals surface area contributed by atoms with Crippen LogP contribution in [0.4, 0.5) is 0 Å². The molecule has 1 aromatic rings. The minimum atomic E-state index is 0.334. The van der Waals surface area contributed by atoms with Crippen LogP contribution < -0.4 is 5.32 Å². The number of nitrogens with zero attached hydrogens (tertiary/aromatic N) is 1. The second-order valence-corrected chi connectivity index (χ2v) is 8.25. The summed E-state index contributed by atoms with van der Waals surface area (Å²) in [5, 5.41) is 7.66. The van der Waals surface area contributed by atoms with Gasteiger partial charge in [0.15, 0.2) is 0 Å². The van der Waals surface area contributed by atoms with Crippen LogP contribution in [0, 0.1) is 13.8 Å². The summed E-state index contributed by atoms with van der Waals surface area (Å²) in [6.07, 6.45) is 0.978.